The van der Waals surface area contributed by atoms with Crippen LogP contribution in [0.25, 0.3) is 11.0 Å². The average Bonchev–Trinajstić information content (AvgIpc) is 3.02. The highest BCUT2D eigenvalue weighted by molar-refractivity contribution is 9.10. The van der Waals surface area contributed by atoms with Gasteiger partial charge in [-0.05, 0) is 32.0 Å². The van der Waals surface area contributed by atoms with Crippen LogP contribution in [0.2, 0.25) is 0 Å². The van der Waals surface area contributed by atoms with Gasteiger partial charge in [0.2, 0.25) is 0 Å². The number of thiazole rings is 1. The molecule has 0 aliphatic carbocycles. The molecule has 3 aromatic rings. The number of fused-ring (bicyclic) bond motifs is 1. The van der Waals surface area contributed by atoms with E-state index in [1.807, 2.05) is 18.3 Å². The van der Waals surface area contributed by atoms with Gasteiger partial charge < -0.3 is 4.57 Å². The molecular weight excluding hydrogens is 370 g/mol. The summed E-state index contributed by atoms with van der Waals surface area (Å²) in [5, 5.41) is 1.10. The monoisotopic (exact) mass is 383 g/mol. The standard InChI is InChI=1S/C15H15BrClN3S/c1-9-8-18-15(21-9)10(2)20-13-7-11(16)3-4-12(13)19-14(20)5-6-17/h3-4,7-8,10H,5-6H2,1-2H3. The molecule has 0 aliphatic heterocycles. The Bertz CT molecular complexity index is 780. The molecule has 0 fully saturated rings. The lowest BCUT2D eigenvalue weighted by molar-refractivity contribution is 0.620. The zero-order valence-corrected chi connectivity index (χ0v) is 15.0. The van der Waals surface area contributed by atoms with Crippen molar-refractivity contribution in [3.8, 4) is 0 Å². The number of imidazole rings is 1. The number of hydrogen-bond donors (Lipinski definition) is 0. The van der Waals surface area contributed by atoms with Crippen LogP contribution < -0.4 is 0 Å². The van der Waals surface area contributed by atoms with Crippen molar-refractivity contribution in [2.75, 3.05) is 5.88 Å². The summed E-state index contributed by atoms with van der Waals surface area (Å²) in [6.07, 6.45) is 2.68. The number of benzene rings is 1. The highest BCUT2D eigenvalue weighted by atomic mass is 79.9. The number of nitrogens with zero attached hydrogens (tertiary/aromatic N) is 3. The summed E-state index contributed by atoms with van der Waals surface area (Å²) < 4.78 is 3.30. The first-order chi connectivity index (χ1) is 10.1. The second-order valence-corrected chi connectivity index (χ2v) is 7.52. The molecule has 0 amide bonds. The molecule has 6 heteroatoms. The zero-order valence-electron chi connectivity index (χ0n) is 11.8. The van der Waals surface area contributed by atoms with Crippen LogP contribution in [0.3, 0.4) is 0 Å². The molecule has 2 heterocycles. The van der Waals surface area contributed by atoms with Gasteiger partial charge in [0, 0.05) is 27.8 Å². The Labute approximate surface area is 141 Å². The largest absolute Gasteiger partial charge is 0.318 e. The van der Waals surface area contributed by atoms with E-state index in [-0.39, 0.29) is 6.04 Å². The number of alkyl halides is 1. The minimum atomic E-state index is 0.154. The van der Waals surface area contributed by atoms with Crippen molar-refractivity contribution in [3.63, 3.8) is 0 Å². The Morgan fingerprint density at radius 2 is 2.24 bits per heavy atom. The van der Waals surface area contributed by atoms with E-state index in [1.54, 1.807) is 11.3 Å². The van der Waals surface area contributed by atoms with Gasteiger partial charge in [-0.3, -0.25) is 0 Å². The fraction of sp³-hybridized carbons (Fsp3) is 0.333. The van der Waals surface area contributed by atoms with Crippen molar-refractivity contribution in [2.24, 2.45) is 0 Å². The molecule has 0 bridgehead atoms. The molecule has 3 rings (SSSR count). The second kappa shape index (κ2) is 6.07. The Morgan fingerprint density at radius 3 is 2.90 bits per heavy atom. The van der Waals surface area contributed by atoms with Gasteiger partial charge in [0.15, 0.2) is 0 Å². The van der Waals surface area contributed by atoms with Crippen LogP contribution >= 0.6 is 38.9 Å². The SMILES string of the molecule is Cc1cnc(C(C)n2c(CCCl)nc3ccc(Br)cc32)s1. The number of rotatable bonds is 4. The summed E-state index contributed by atoms with van der Waals surface area (Å²) in [4.78, 5) is 10.5. The molecule has 0 saturated carbocycles. The Balaban J connectivity index is 2.18. The summed E-state index contributed by atoms with van der Waals surface area (Å²) in [6, 6.07) is 6.31. The molecular formula is C15H15BrClN3S. The van der Waals surface area contributed by atoms with E-state index in [4.69, 9.17) is 16.6 Å². The molecule has 0 saturated heterocycles. The van der Waals surface area contributed by atoms with Gasteiger partial charge in [0.25, 0.3) is 0 Å². The molecule has 21 heavy (non-hydrogen) atoms. The second-order valence-electron chi connectivity index (χ2n) is 4.96. The number of aryl methyl sites for hydroxylation is 2. The van der Waals surface area contributed by atoms with Gasteiger partial charge in [0.05, 0.1) is 17.1 Å². The summed E-state index contributed by atoms with van der Waals surface area (Å²) in [6.45, 7) is 4.24. The van der Waals surface area contributed by atoms with Gasteiger partial charge >= 0.3 is 0 Å². The summed E-state index contributed by atoms with van der Waals surface area (Å²) in [5.74, 6) is 1.58. The van der Waals surface area contributed by atoms with Crippen molar-refractivity contribution < 1.29 is 0 Å². The Kier molecular flexibility index (Phi) is 4.33. The molecule has 0 aliphatic rings. The summed E-state index contributed by atoms with van der Waals surface area (Å²) in [5.41, 5.74) is 2.11. The van der Waals surface area contributed by atoms with E-state index in [9.17, 15) is 0 Å². The van der Waals surface area contributed by atoms with Crippen LogP contribution in [-0.4, -0.2) is 20.4 Å². The third-order valence-electron chi connectivity index (χ3n) is 3.43. The van der Waals surface area contributed by atoms with E-state index in [0.717, 1.165) is 32.8 Å². The lowest BCUT2D eigenvalue weighted by atomic mass is 10.2. The number of aromatic nitrogens is 3. The highest BCUT2D eigenvalue weighted by Crippen LogP contribution is 2.30. The van der Waals surface area contributed by atoms with Crippen molar-refractivity contribution in [2.45, 2.75) is 26.3 Å². The van der Waals surface area contributed by atoms with Crippen LogP contribution in [0.5, 0.6) is 0 Å². The molecule has 1 unspecified atom stereocenters. The third kappa shape index (κ3) is 2.87. The van der Waals surface area contributed by atoms with E-state index >= 15 is 0 Å². The zero-order chi connectivity index (χ0) is 15.0. The van der Waals surface area contributed by atoms with Crippen LogP contribution in [0.4, 0.5) is 0 Å². The smallest absolute Gasteiger partial charge is 0.115 e. The fourth-order valence-electron chi connectivity index (χ4n) is 2.48. The first-order valence-corrected chi connectivity index (χ1v) is 8.89. The maximum atomic E-state index is 5.95. The quantitative estimate of drug-likeness (QED) is 0.596. The number of hydrogen-bond acceptors (Lipinski definition) is 3. The fourth-order valence-corrected chi connectivity index (χ4v) is 3.82. The maximum Gasteiger partial charge on any atom is 0.115 e. The molecule has 0 spiro atoms. The predicted octanol–water partition coefficient (Wildman–Crippen LogP) is 4.95. The lowest BCUT2D eigenvalue weighted by Gasteiger charge is -2.15. The van der Waals surface area contributed by atoms with Gasteiger partial charge in [-0.15, -0.1) is 22.9 Å². The van der Waals surface area contributed by atoms with Crippen molar-refractivity contribution >= 4 is 49.9 Å². The topological polar surface area (TPSA) is 30.7 Å². The molecule has 0 N–H and O–H groups in total. The molecule has 1 aromatic carbocycles. The van der Waals surface area contributed by atoms with E-state index in [2.05, 4.69) is 45.4 Å². The van der Waals surface area contributed by atoms with Crippen molar-refractivity contribution in [1.29, 1.82) is 0 Å². The predicted molar refractivity (Wildman–Crippen MR) is 92.5 cm³/mol. The maximum absolute atomic E-state index is 5.95. The number of halogens is 2. The summed E-state index contributed by atoms with van der Waals surface area (Å²) >= 11 is 11.2. The van der Waals surface area contributed by atoms with Gasteiger partial charge in [-0.25, -0.2) is 9.97 Å². The van der Waals surface area contributed by atoms with E-state index in [0.29, 0.717) is 5.88 Å². The van der Waals surface area contributed by atoms with Crippen molar-refractivity contribution in [3.05, 3.63) is 44.6 Å². The average molecular weight is 385 g/mol. The Hall–Kier alpha value is -0.910. The molecule has 110 valence electrons. The van der Waals surface area contributed by atoms with E-state index in [1.165, 1.54) is 4.88 Å². The van der Waals surface area contributed by atoms with E-state index < -0.39 is 0 Å². The van der Waals surface area contributed by atoms with Crippen molar-refractivity contribution in [1.82, 2.24) is 14.5 Å². The van der Waals surface area contributed by atoms with Crippen LogP contribution in [0.15, 0.2) is 28.9 Å². The van der Waals surface area contributed by atoms with Gasteiger partial charge in [-0.2, -0.15) is 0 Å². The van der Waals surface area contributed by atoms with Gasteiger partial charge in [-0.1, -0.05) is 15.9 Å². The van der Waals surface area contributed by atoms with Crippen LogP contribution in [0, 0.1) is 6.92 Å². The highest BCUT2D eigenvalue weighted by Gasteiger charge is 2.19. The minimum Gasteiger partial charge on any atom is -0.318 e. The Morgan fingerprint density at radius 1 is 1.43 bits per heavy atom. The van der Waals surface area contributed by atoms with Gasteiger partial charge in [0.1, 0.15) is 10.8 Å². The normalized spacial score (nSPS) is 13.0. The third-order valence-corrected chi connectivity index (χ3v) is 5.19. The van der Waals surface area contributed by atoms with Crippen LogP contribution in [-0.2, 0) is 6.42 Å². The molecule has 0 radical (unpaired) electrons. The summed E-state index contributed by atoms with van der Waals surface area (Å²) in [7, 11) is 0. The molecule has 2 aromatic heterocycles. The van der Waals surface area contributed by atoms with Crippen LogP contribution in [0.1, 0.15) is 28.7 Å². The molecule has 1 atom stereocenters. The minimum absolute atomic E-state index is 0.154. The first kappa shape index (κ1) is 15.0. The lowest BCUT2D eigenvalue weighted by Crippen LogP contribution is -2.11. The first-order valence-electron chi connectivity index (χ1n) is 6.75. The molecule has 3 nitrogen and oxygen atoms in total.